The van der Waals surface area contributed by atoms with Crippen LogP contribution in [0.5, 0.6) is 0 Å². The topological polar surface area (TPSA) is 41.1 Å². The van der Waals surface area contributed by atoms with Gasteiger partial charge in [-0.15, -0.1) is 0 Å². The van der Waals surface area contributed by atoms with Crippen LogP contribution in [0.1, 0.15) is 43.7 Å². The van der Waals surface area contributed by atoms with Crippen LogP contribution in [-0.2, 0) is 17.8 Å². The molecule has 1 aliphatic carbocycles. The molecule has 0 saturated heterocycles. The SMILES string of the molecule is CCCC1(CNC(=O)[C@@H]2Cc3ccccc3CN2)CC1. The minimum absolute atomic E-state index is 0.0673. The highest BCUT2D eigenvalue weighted by atomic mass is 16.2. The Morgan fingerprint density at radius 2 is 2.10 bits per heavy atom. The number of fused-ring (bicyclic) bond motifs is 1. The van der Waals surface area contributed by atoms with Crippen molar-refractivity contribution in [2.45, 2.75) is 51.6 Å². The number of amides is 1. The van der Waals surface area contributed by atoms with E-state index in [1.165, 1.54) is 36.8 Å². The van der Waals surface area contributed by atoms with Crippen LogP contribution in [0.15, 0.2) is 24.3 Å². The van der Waals surface area contributed by atoms with Crippen LogP contribution < -0.4 is 10.6 Å². The number of carbonyl (C=O) groups excluding carboxylic acids is 1. The van der Waals surface area contributed by atoms with Gasteiger partial charge in [-0.1, -0.05) is 37.6 Å². The Morgan fingerprint density at radius 3 is 2.80 bits per heavy atom. The van der Waals surface area contributed by atoms with Crippen LogP contribution >= 0.6 is 0 Å². The predicted molar refractivity (Wildman–Crippen MR) is 80.4 cm³/mol. The average molecular weight is 272 g/mol. The Morgan fingerprint density at radius 1 is 1.35 bits per heavy atom. The highest BCUT2D eigenvalue weighted by Gasteiger charge is 2.41. The van der Waals surface area contributed by atoms with E-state index in [-0.39, 0.29) is 11.9 Å². The monoisotopic (exact) mass is 272 g/mol. The quantitative estimate of drug-likeness (QED) is 0.864. The predicted octanol–water partition coefficient (Wildman–Crippen LogP) is 2.40. The van der Waals surface area contributed by atoms with Crippen molar-refractivity contribution in [2.75, 3.05) is 6.54 Å². The Bertz CT molecular complexity index is 494. The second-order valence-corrected chi connectivity index (χ2v) is 6.37. The van der Waals surface area contributed by atoms with Gasteiger partial charge >= 0.3 is 0 Å². The molecule has 0 aromatic heterocycles. The highest BCUT2D eigenvalue weighted by molar-refractivity contribution is 5.82. The third-order valence-corrected chi connectivity index (χ3v) is 4.77. The van der Waals surface area contributed by atoms with Crippen molar-refractivity contribution in [2.24, 2.45) is 5.41 Å². The fraction of sp³-hybridized carbons (Fsp3) is 0.588. The van der Waals surface area contributed by atoms with Crippen molar-refractivity contribution in [1.82, 2.24) is 10.6 Å². The molecule has 3 nitrogen and oxygen atoms in total. The summed E-state index contributed by atoms with van der Waals surface area (Å²) in [4.78, 5) is 12.3. The number of hydrogen-bond donors (Lipinski definition) is 2. The molecule has 1 amide bonds. The van der Waals surface area contributed by atoms with E-state index < -0.39 is 0 Å². The molecule has 1 atom stereocenters. The van der Waals surface area contributed by atoms with E-state index in [9.17, 15) is 4.79 Å². The molecule has 2 N–H and O–H groups in total. The van der Waals surface area contributed by atoms with Crippen molar-refractivity contribution in [3.63, 3.8) is 0 Å². The zero-order valence-corrected chi connectivity index (χ0v) is 12.2. The summed E-state index contributed by atoms with van der Waals surface area (Å²) in [6.07, 6.45) is 5.83. The van der Waals surface area contributed by atoms with Gasteiger partial charge in [0.2, 0.25) is 5.91 Å². The molecule has 3 rings (SSSR count). The van der Waals surface area contributed by atoms with Gasteiger partial charge in [0.1, 0.15) is 0 Å². The van der Waals surface area contributed by atoms with Crippen LogP contribution in [0.25, 0.3) is 0 Å². The van der Waals surface area contributed by atoms with Gasteiger partial charge in [-0.2, -0.15) is 0 Å². The number of rotatable bonds is 5. The molecule has 1 aromatic rings. The smallest absolute Gasteiger partial charge is 0.237 e. The van der Waals surface area contributed by atoms with Gasteiger partial charge in [-0.3, -0.25) is 4.79 Å². The molecule has 108 valence electrons. The maximum Gasteiger partial charge on any atom is 0.237 e. The zero-order chi connectivity index (χ0) is 14.0. The van der Waals surface area contributed by atoms with Gasteiger partial charge in [0, 0.05) is 13.1 Å². The van der Waals surface area contributed by atoms with Gasteiger partial charge in [-0.05, 0) is 42.2 Å². The molecule has 0 bridgehead atoms. The third-order valence-electron chi connectivity index (χ3n) is 4.77. The second kappa shape index (κ2) is 5.57. The van der Waals surface area contributed by atoms with E-state index in [2.05, 4.69) is 41.8 Å². The van der Waals surface area contributed by atoms with Gasteiger partial charge in [0.05, 0.1) is 6.04 Å². The molecular weight excluding hydrogens is 248 g/mol. The third kappa shape index (κ3) is 2.88. The lowest BCUT2D eigenvalue weighted by molar-refractivity contribution is -0.123. The average Bonchev–Trinajstić information content (AvgIpc) is 3.25. The number of hydrogen-bond acceptors (Lipinski definition) is 2. The van der Waals surface area contributed by atoms with Crippen molar-refractivity contribution in [3.8, 4) is 0 Å². The van der Waals surface area contributed by atoms with Crippen molar-refractivity contribution in [3.05, 3.63) is 35.4 Å². The summed E-state index contributed by atoms with van der Waals surface area (Å²) in [5.74, 6) is 0.168. The Kier molecular flexibility index (Phi) is 3.79. The Balaban J connectivity index is 1.54. The molecule has 1 saturated carbocycles. The molecule has 0 spiro atoms. The lowest BCUT2D eigenvalue weighted by Gasteiger charge is -2.26. The van der Waals surface area contributed by atoms with E-state index >= 15 is 0 Å². The van der Waals surface area contributed by atoms with Crippen LogP contribution in [0.4, 0.5) is 0 Å². The maximum absolute atomic E-state index is 12.3. The fourth-order valence-corrected chi connectivity index (χ4v) is 3.26. The minimum atomic E-state index is -0.0673. The van der Waals surface area contributed by atoms with E-state index in [1.54, 1.807) is 0 Å². The lowest BCUT2D eigenvalue weighted by atomic mass is 9.95. The van der Waals surface area contributed by atoms with Crippen LogP contribution in [-0.4, -0.2) is 18.5 Å². The summed E-state index contributed by atoms with van der Waals surface area (Å²) in [7, 11) is 0. The number of benzene rings is 1. The van der Waals surface area contributed by atoms with Crippen molar-refractivity contribution >= 4 is 5.91 Å². The first-order valence-electron chi connectivity index (χ1n) is 7.80. The van der Waals surface area contributed by atoms with E-state index in [0.717, 1.165) is 19.5 Å². The zero-order valence-electron chi connectivity index (χ0n) is 12.2. The minimum Gasteiger partial charge on any atom is -0.354 e. The normalized spacial score (nSPS) is 22.9. The summed E-state index contributed by atoms with van der Waals surface area (Å²) in [5.41, 5.74) is 3.05. The first-order valence-corrected chi connectivity index (χ1v) is 7.80. The maximum atomic E-state index is 12.3. The van der Waals surface area contributed by atoms with Gasteiger partial charge < -0.3 is 10.6 Å². The molecular formula is C17H24N2O. The van der Waals surface area contributed by atoms with Gasteiger partial charge in [0.25, 0.3) is 0 Å². The summed E-state index contributed by atoms with van der Waals surface area (Å²) in [6, 6.07) is 8.32. The van der Waals surface area contributed by atoms with Gasteiger partial charge in [-0.25, -0.2) is 0 Å². The van der Waals surface area contributed by atoms with Gasteiger partial charge in [0.15, 0.2) is 0 Å². The molecule has 1 aromatic carbocycles. The molecule has 0 radical (unpaired) electrons. The lowest BCUT2D eigenvalue weighted by Crippen LogP contribution is -2.48. The summed E-state index contributed by atoms with van der Waals surface area (Å²) >= 11 is 0. The summed E-state index contributed by atoms with van der Waals surface area (Å²) in [6.45, 7) is 3.88. The molecule has 3 heteroatoms. The second-order valence-electron chi connectivity index (χ2n) is 6.37. The molecule has 0 unspecified atom stereocenters. The first-order chi connectivity index (χ1) is 9.72. The molecule has 1 fully saturated rings. The van der Waals surface area contributed by atoms with Crippen LogP contribution in [0, 0.1) is 5.41 Å². The van der Waals surface area contributed by atoms with Crippen LogP contribution in [0.3, 0.4) is 0 Å². The highest BCUT2D eigenvalue weighted by Crippen LogP contribution is 2.48. The van der Waals surface area contributed by atoms with Crippen LogP contribution in [0.2, 0.25) is 0 Å². The number of carbonyl (C=O) groups is 1. The fourth-order valence-electron chi connectivity index (χ4n) is 3.26. The largest absolute Gasteiger partial charge is 0.354 e. The summed E-state index contributed by atoms with van der Waals surface area (Å²) < 4.78 is 0. The first kappa shape index (κ1) is 13.6. The summed E-state index contributed by atoms with van der Waals surface area (Å²) in [5, 5.41) is 6.52. The number of nitrogens with one attached hydrogen (secondary N) is 2. The molecule has 1 heterocycles. The molecule has 20 heavy (non-hydrogen) atoms. The molecule has 1 aliphatic heterocycles. The van der Waals surface area contributed by atoms with E-state index in [4.69, 9.17) is 0 Å². The van der Waals surface area contributed by atoms with E-state index in [1.807, 2.05) is 0 Å². The Labute approximate surface area is 121 Å². The van der Waals surface area contributed by atoms with Crippen molar-refractivity contribution < 1.29 is 4.79 Å². The van der Waals surface area contributed by atoms with Crippen molar-refractivity contribution in [1.29, 1.82) is 0 Å². The van der Waals surface area contributed by atoms with E-state index in [0.29, 0.717) is 5.41 Å². The standard InChI is InChI=1S/C17H24N2O/c1-2-7-17(8-9-17)12-19-16(20)15-10-13-5-3-4-6-14(13)11-18-15/h3-6,15,18H,2,7-12H2,1H3,(H,19,20)/t15-/m0/s1. The Hall–Kier alpha value is -1.35. The molecule has 2 aliphatic rings.